The van der Waals surface area contributed by atoms with Crippen LogP contribution in [-0.4, -0.2) is 10.9 Å². The highest BCUT2D eigenvalue weighted by atomic mass is 19.4. The lowest BCUT2D eigenvalue weighted by Gasteiger charge is -2.16. The van der Waals surface area contributed by atoms with Crippen molar-refractivity contribution in [1.29, 1.82) is 0 Å². The van der Waals surface area contributed by atoms with Crippen molar-refractivity contribution in [3.63, 3.8) is 0 Å². The van der Waals surface area contributed by atoms with Gasteiger partial charge in [-0.25, -0.2) is 0 Å². The third kappa shape index (κ3) is 2.54. The van der Waals surface area contributed by atoms with Crippen LogP contribution in [0.3, 0.4) is 0 Å². The number of aryl methyl sites for hydroxylation is 1. The first-order valence-corrected chi connectivity index (χ1v) is 5.65. The van der Waals surface area contributed by atoms with Crippen LogP contribution in [0.4, 0.5) is 13.2 Å². The molecule has 1 aromatic heterocycles. The highest BCUT2D eigenvalue weighted by molar-refractivity contribution is 5.74. The van der Waals surface area contributed by atoms with E-state index in [4.69, 9.17) is 0 Å². The smallest absolute Gasteiger partial charge is 0.323 e. The van der Waals surface area contributed by atoms with Crippen LogP contribution in [0.5, 0.6) is 0 Å². The molecule has 0 spiro atoms. The first-order valence-electron chi connectivity index (χ1n) is 5.65. The Bertz CT molecular complexity index is 626. The summed E-state index contributed by atoms with van der Waals surface area (Å²) in [6.45, 7) is 3.04. The number of aromatic nitrogens is 1. The van der Waals surface area contributed by atoms with Crippen molar-refractivity contribution >= 4 is 6.29 Å². The van der Waals surface area contributed by atoms with E-state index < -0.39 is 11.7 Å². The van der Waals surface area contributed by atoms with Gasteiger partial charge in [0.1, 0.15) is 0 Å². The SMILES string of the molecule is Cc1cc(-n2ccc(C=O)c2)c(C)c(C(F)(F)F)c1. The molecule has 0 aliphatic heterocycles. The fourth-order valence-corrected chi connectivity index (χ4v) is 2.03. The second kappa shape index (κ2) is 4.57. The number of benzene rings is 1. The molecule has 0 aliphatic rings. The molecule has 5 heteroatoms. The fourth-order valence-electron chi connectivity index (χ4n) is 2.03. The van der Waals surface area contributed by atoms with Crippen molar-refractivity contribution in [2.75, 3.05) is 0 Å². The highest BCUT2D eigenvalue weighted by Gasteiger charge is 2.33. The average molecular weight is 267 g/mol. The van der Waals surface area contributed by atoms with Gasteiger partial charge in [0.05, 0.1) is 5.56 Å². The van der Waals surface area contributed by atoms with Crippen LogP contribution in [-0.2, 0) is 6.18 Å². The first-order chi connectivity index (χ1) is 8.82. The number of rotatable bonds is 2. The Hall–Kier alpha value is -2.04. The van der Waals surface area contributed by atoms with Crippen LogP contribution >= 0.6 is 0 Å². The van der Waals surface area contributed by atoms with Gasteiger partial charge in [-0.05, 0) is 43.2 Å². The van der Waals surface area contributed by atoms with E-state index in [0.29, 0.717) is 23.1 Å². The summed E-state index contributed by atoms with van der Waals surface area (Å²) in [6.07, 6.45) is -0.640. The summed E-state index contributed by atoms with van der Waals surface area (Å²) in [5.74, 6) is 0. The van der Waals surface area contributed by atoms with E-state index in [-0.39, 0.29) is 5.56 Å². The minimum absolute atomic E-state index is 0.145. The molecule has 19 heavy (non-hydrogen) atoms. The predicted molar refractivity (Wildman–Crippen MR) is 65.6 cm³/mol. The maximum Gasteiger partial charge on any atom is 0.416 e. The Balaban J connectivity index is 2.64. The van der Waals surface area contributed by atoms with Gasteiger partial charge in [0, 0.05) is 23.6 Å². The molecular weight excluding hydrogens is 255 g/mol. The number of carbonyl (C=O) groups excluding carboxylic acids is 1. The monoisotopic (exact) mass is 267 g/mol. The molecule has 0 N–H and O–H groups in total. The molecule has 2 rings (SSSR count). The maximum atomic E-state index is 12.9. The number of carbonyl (C=O) groups is 1. The molecule has 2 aromatic rings. The number of hydrogen-bond donors (Lipinski definition) is 0. The average Bonchev–Trinajstić information content (AvgIpc) is 2.78. The second-order valence-electron chi connectivity index (χ2n) is 4.42. The molecule has 0 bridgehead atoms. The second-order valence-corrected chi connectivity index (χ2v) is 4.42. The lowest BCUT2D eigenvalue weighted by Crippen LogP contribution is -2.10. The quantitative estimate of drug-likeness (QED) is 0.756. The molecule has 2 nitrogen and oxygen atoms in total. The van der Waals surface area contributed by atoms with Crippen molar-refractivity contribution < 1.29 is 18.0 Å². The molecule has 1 heterocycles. The third-order valence-corrected chi connectivity index (χ3v) is 2.96. The minimum Gasteiger partial charge on any atom is -0.323 e. The van der Waals surface area contributed by atoms with E-state index in [1.54, 1.807) is 25.3 Å². The molecule has 0 saturated carbocycles. The van der Waals surface area contributed by atoms with Gasteiger partial charge >= 0.3 is 6.18 Å². The molecule has 0 amide bonds. The van der Waals surface area contributed by atoms with Crippen LogP contribution < -0.4 is 0 Å². The summed E-state index contributed by atoms with van der Waals surface area (Å²) in [6, 6.07) is 4.35. The third-order valence-electron chi connectivity index (χ3n) is 2.96. The van der Waals surface area contributed by atoms with Crippen LogP contribution in [0, 0.1) is 13.8 Å². The van der Waals surface area contributed by atoms with E-state index in [1.807, 2.05) is 0 Å². The fraction of sp³-hybridized carbons (Fsp3) is 0.214. The van der Waals surface area contributed by atoms with Gasteiger partial charge in [-0.15, -0.1) is 0 Å². The van der Waals surface area contributed by atoms with Crippen LogP contribution in [0.25, 0.3) is 5.69 Å². The Morgan fingerprint density at radius 3 is 2.42 bits per heavy atom. The summed E-state index contributed by atoms with van der Waals surface area (Å²) in [7, 11) is 0. The summed E-state index contributed by atoms with van der Waals surface area (Å²) >= 11 is 0. The molecule has 0 saturated heterocycles. The molecule has 100 valence electrons. The zero-order valence-electron chi connectivity index (χ0n) is 10.5. The summed E-state index contributed by atoms with van der Waals surface area (Å²) < 4.78 is 40.3. The Morgan fingerprint density at radius 2 is 1.89 bits per heavy atom. The van der Waals surface area contributed by atoms with Gasteiger partial charge in [0.25, 0.3) is 0 Å². The molecule has 0 aliphatic carbocycles. The summed E-state index contributed by atoms with van der Waals surface area (Å²) in [5.41, 5.74) is 0.874. The predicted octanol–water partition coefficient (Wildman–Crippen LogP) is 3.93. The lowest BCUT2D eigenvalue weighted by molar-refractivity contribution is -0.138. The van der Waals surface area contributed by atoms with Crippen molar-refractivity contribution in [3.05, 3.63) is 52.8 Å². The largest absolute Gasteiger partial charge is 0.416 e. The van der Waals surface area contributed by atoms with Crippen LogP contribution in [0.15, 0.2) is 30.6 Å². The topological polar surface area (TPSA) is 22.0 Å². The van der Waals surface area contributed by atoms with Gasteiger partial charge in [0.2, 0.25) is 0 Å². The maximum absolute atomic E-state index is 12.9. The van der Waals surface area contributed by atoms with Crippen molar-refractivity contribution in [3.8, 4) is 5.69 Å². The van der Waals surface area contributed by atoms with Crippen molar-refractivity contribution in [2.24, 2.45) is 0 Å². The summed E-state index contributed by atoms with van der Waals surface area (Å²) in [5, 5.41) is 0. The highest BCUT2D eigenvalue weighted by Crippen LogP contribution is 2.35. The van der Waals surface area contributed by atoms with Crippen LogP contribution in [0.1, 0.15) is 27.0 Å². The minimum atomic E-state index is -4.38. The number of alkyl halides is 3. The Labute approximate surface area is 108 Å². The van der Waals surface area contributed by atoms with E-state index in [9.17, 15) is 18.0 Å². The molecule has 1 aromatic carbocycles. The zero-order valence-corrected chi connectivity index (χ0v) is 10.5. The number of nitrogens with zero attached hydrogens (tertiary/aromatic N) is 1. The molecule has 0 unspecified atom stereocenters. The lowest BCUT2D eigenvalue weighted by atomic mass is 10.0. The van der Waals surface area contributed by atoms with Crippen molar-refractivity contribution in [2.45, 2.75) is 20.0 Å². The van der Waals surface area contributed by atoms with Gasteiger partial charge < -0.3 is 4.57 Å². The normalized spacial score (nSPS) is 11.6. The molecule has 0 atom stereocenters. The van der Waals surface area contributed by atoms with Crippen LogP contribution in [0.2, 0.25) is 0 Å². The summed E-state index contributed by atoms with van der Waals surface area (Å²) in [4.78, 5) is 10.6. The Morgan fingerprint density at radius 1 is 1.21 bits per heavy atom. The number of hydrogen-bond acceptors (Lipinski definition) is 1. The van der Waals surface area contributed by atoms with Gasteiger partial charge in [-0.1, -0.05) is 0 Å². The zero-order chi connectivity index (χ0) is 14.2. The Kier molecular flexibility index (Phi) is 3.22. The van der Waals surface area contributed by atoms with Gasteiger partial charge in [0.15, 0.2) is 6.29 Å². The van der Waals surface area contributed by atoms with Gasteiger partial charge in [-0.2, -0.15) is 13.2 Å². The van der Waals surface area contributed by atoms with Crippen molar-refractivity contribution in [1.82, 2.24) is 4.57 Å². The van der Waals surface area contributed by atoms with E-state index in [0.717, 1.165) is 6.07 Å². The van der Waals surface area contributed by atoms with E-state index in [2.05, 4.69) is 0 Å². The molecular formula is C14H12F3NO. The van der Waals surface area contributed by atoms with E-state index in [1.165, 1.54) is 17.7 Å². The molecule has 0 radical (unpaired) electrons. The van der Waals surface area contributed by atoms with Gasteiger partial charge in [-0.3, -0.25) is 4.79 Å². The van der Waals surface area contributed by atoms with E-state index >= 15 is 0 Å². The molecule has 0 fully saturated rings. The number of aldehydes is 1. The standard InChI is InChI=1S/C14H12F3NO/c1-9-5-12(14(15,16)17)10(2)13(6-9)18-4-3-11(7-18)8-19/h3-8H,1-2H3. The first kappa shape index (κ1) is 13.4. The number of halogens is 3.